The molecule has 0 radical (unpaired) electrons. The monoisotopic (exact) mass is 170 g/mol. The smallest absolute Gasteiger partial charge is 0.116 e. The summed E-state index contributed by atoms with van der Waals surface area (Å²) in [5.74, 6) is 1.41. The number of nitrogens with two attached hydrogens (primary N) is 1. The molecular weight excluding hydrogens is 152 g/mol. The number of nitrogens with zero attached hydrogens (tertiary/aromatic N) is 2. The standard InChI is InChI=1S/C8H18N4/c1-4-5-6-8(10-3)12-11-7(2)9/h4-6H2,1-3H3,(H2,9,11)(H,10,12). The summed E-state index contributed by atoms with van der Waals surface area (Å²) in [6, 6.07) is 0. The third-order valence-electron chi connectivity index (χ3n) is 1.40. The summed E-state index contributed by atoms with van der Waals surface area (Å²) in [7, 11) is 1.75. The van der Waals surface area contributed by atoms with E-state index in [1.807, 2.05) is 0 Å². The van der Waals surface area contributed by atoms with E-state index in [9.17, 15) is 0 Å². The number of hydrogen-bond donors (Lipinski definition) is 2. The van der Waals surface area contributed by atoms with Gasteiger partial charge < -0.3 is 5.73 Å². The molecule has 0 aliphatic carbocycles. The summed E-state index contributed by atoms with van der Waals surface area (Å²) in [6.45, 7) is 3.88. The molecular formula is C8H18N4. The van der Waals surface area contributed by atoms with Crippen LogP contribution in [0.15, 0.2) is 10.1 Å². The fourth-order valence-corrected chi connectivity index (χ4v) is 0.715. The van der Waals surface area contributed by atoms with Crippen LogP contribution in [0.3, 0.4) is 0 Å². The Labute approximate surface area is 73.9 Å². The minimum atomic E-state index is 0.521. The van der Waals surface area contributed by atoms with Crippen LogP contribution in [0.4, 0.5) is 0 Å². The first-order valence-corrected chi connectivity index (χ1v) is 4.22. The van der Waals surface area contributed by atoms with E-state index in [0.29, 0.717) is 5.84 Å². The number of aliphatic imine (C=N–C) groups is 1. The molecule has 3 N–H and O–H groups in total. The molecule has 0 aliphatic rings. The molecule has 0 fully saturated rings. The first-order valence-electron chi connectivity index (χ1n) is 4.22. The molecule has 70 valence electrons. The fourth-order valence-electron chi connectivity index (χ4n) is 0.715. The average molecular weight is 170 g/mol. The van der Waals surface area contributed by atoms with E-state index < -0.39 is 0 Å². The molecule has 0 saturated carbocycles. The summed E-state index contributed by atoms with van der Waals surface area (Å²) < 4.78 is 0. The lowest BCUT2D eigenvalue weighted by Crippen LogP contribution is -2.21. The van der Waals surface area contributed by atoms with Gasteiger partial charge in [-0.25, -0.2) is 0 Å². The summed E-state index contributed by atoms with van der Waals surface area (Å²) in [5.41, 5.74) is 8.17. The Morgan fingerprint density at radius 3 is 2.58 bits per heavy atom. The zero-order chi connectivity index (χ0) is 9.40. The maximum absolute atomic E-state index is 5.36. The van der Waals surface area contributed by atoms with Gasteiger partial charge in [0.15, 0.2) is 0 Å². The second kappa shape index (κ2) is 6.64. The molecule has 0 amide bonds. The molecule has 0 aromatic carbocycles. The highest BCUT2D eigenvalue weighted by atomic mass is 15.3. The van der Waals surface area contributed by atoms with E-state index in [1.165, 1.54) is 0 Å². The van der Waals surface area contributed by atoms with Gasteiger partial charge in [0, 0.05) is 13.5 Å². The van der Waals surface area contributed by atoms with E-state index in [1.54, 1.807) is 14.0 Å². The lowest BCUT2D eigenvalue weighted by atomic mass is 10.2. The third kappa shape index (κ3) is 5.70. The van der Waals surface area contributed by atoms with Crippen molar-refractivity contribution in [1.29, 1.82) is 0 Å². The molecule has 0 spiro atoms. The summed E-state index contributed by atoms with van der Waals surface area (Å²) in [5, 5.41) is 3.86. The zero-order valence-electron chi connectivity index (χ0n) is 8.09. The molecule has 0 heterocycles. The van der Waals surface area contributed by atoms with Crippen molar-refractivity contribution >= 4 is 11.7 Å². The van der Waals surface area contributed by atoms with Gasteiger partial charge in [0.1, 0.15) is 11.7 Å². The number of rotatable bonds is 4. The van der Waals surface area contributed by atoms with Crippen molar-refractivity contribution in [1.82, 2.24) is 5.43 Å². The molecule has 0 atom stereocenters. The molecule has 0 saturated heterocycles. The molecule has 4 nitrogen and oxygen atoms in total. The largest absolute Gasteiger partial charge is 0.386 e. The topological polar surface area (TPSA) is 62.8 Å². The summed E-state index contributed by atoms with van der Waals surface area (Å²) >= 11 is 0. The molecule has 0 unspecified atom stereocenters. The Balaban J connectivity index is 3.77. The fraction of sp³-hybridized carbons (Fsp3) is 0.750. The summed E-state index contributed by atoms with van der Waals surface area (Å²) in [6.07, 6.45) is 3.22. The Morgan fingerprint density at radius 2 is 2.17 bits per heavy atom. The lowest BCUT2D eigenvalue weighted by molar-refractivity contribution is 0.806. The SMILES string of the molecule is CCCCC(=NC)N/N=C(\C)N. The molecule has 4 heteroatoms. The molecule has 0 bridgehead atoms. The summed E-state index contributed by atoms with van der Waals surface area (Å²) in [4.78, 5) is 4.04. The van der Waals surface area contributed by atoms with Crippen molar-refractivity contribution in [3.05, 3.63) is 0 Å². The first kappa shape index (κ1) is 10.9. The zero-order valence-corrected chi connectivity index (χ0v) is 8.09. The van der Waals surface area contributed by atoms with Crippen molar-refractivity contribution in [3.63, 3.8) is 0 Å². The van der Waals surface area contributed by atoms with Crippen LogP contribution in [0.2, 0.25) is 0 Å². The average Bonchev–Trinajstić information content (AvgIpc) is 2.05. The van der Waals surface area contributed by atoms with Gasteiger partial charge in [-0.2, -0.15) is 5.10 Å². The van der Waals surface area contributed by atoms with Crippen LogP contribution < -0.4 is 11.2 Å². The van der Waals surface area contributed by atoms with Crippen LogP contribution in [-0.4, -0.2) is 18.7 Å². The number of hydrogen-bond acceptors (Lipinski definition) is 2. The van der Waals surface area contributed by atoms with Crippen molar-refractivity contribution < 1.29 is 0 Å². The molecule has 12 heavy (non-hydrogen) atoms. The van der Waals surface area contributed by atoms with Gasteiger partial charge in [0.05, 0.1) is 0 Å². The van der Waals surface area contributed by atoms with Crippen molar-refractivity contribution in [2.45, 2.75) is 33.1 Å². The van der Waals surface area contributed by atoms with Gasteiger partial charge in [0.25, 0.3) is 0 Å². The van der Waals surface area contributed by atoms with Crippen LogP contribution in [-0.2, 0) is 0 Å². The second-order valence-electron chi connectivity index (χ2n) is 2.64. The number of hydrazone groups is 1. The molecule has 0 aliphatic heterocycles. The van der Waals surface area contributed by atoms with Crippen LogP contribution in [0.1, 0.15) is 33.1 Å². The highest BCUT2D eigenvalue weighted by molar-refractivity contribution is 5.84. The molecule has 0 rings (SSSR count). The highest BCUT2D eigenvalue weighted by Gasteiger charge is 1.94. The molecule has 0 aromatic rings. The van der Waals surface area contributed by atoms with Crippen molar-refractivity contribution in [2.24, 2.45) is 15.8 Å². The van der Waals surface area contributed by atoms with Gasteiger partial charge in [0.2, 0.25) is 0 Å². The minimum Gasteiger partial charge on any atom is -0.386 e. The van der Waals surface area contributed by atoms with Gasteiger partial charge in [-0.1, -0.05) is 13.3 Å². The maximum atomic E-state index is 5.36. The third-order valence-corrected chi connectivity index (χ3v) is 1.40. The lowest BCUT2D eigenvalue weighted by Gasteiger charge is -2.03. The number of amidine groups is 2. The van der Waals surface area contributed by atoms with Gasteiger partial charge in [-0.3, -0.25) is 10.4 Å². The Bertz CT molecular complexity index is 168. The quantitative estimate of drug-likeness (QED) is 0.377. The second-order valence-corrected chi connectivity index (χ2v) is 2.64. The van der Waals surface area contributed by atoms with E-state index in [-0.39, 0.29) is 0 Å². The maximum Gasteiger partial charge on any atom is 0.116 e. The first-order chi connectivity index (χ1) is 5.70. The predicted octanol–water partition coefficient (Wildman–Crippen LogP) is 1.09. The Morgan fingerprint density at radius 1 is 1.50 bits per heavy atom. The number of nitrogens with one attached hydrogen (secondary N) is 1. The van der Waals surface area contributed by atoms with E-state index in [0.717, 1.165) is 25.1 Å². The predicted molar refractivity (Wildman–Crippen MR) is 53.3 cm³/mol. The minimum absolute atomic E-state index is 0.521. The van der Waals surface area contributed by atoms with E-state index in [4.69, 9.17) is 5.73 Å². The van der Waals surface area contributed by atoms with Crippen molar-refractivity contribution in [2.75, 3.05) is 7.05 Å². The van der Waals surface area contributed by atoms with Gasteiger partial charge >= 0.3 is 0 Å². The van der Waals surface area contributed by atoms with Crippen LogP contribution in [0.25, 0.3) is 0 Å². The van der Waals surface area contributed by atoms with E-state index >= 15 is 0 Å². The van der Waals surface area contributed by atoms with E-state index in [2.05, 4.69) is 22.4 Å². The van der Waals surface area contributed by atoms with Crippen molar-refractivity contribution in [3.8, 4) is 0 Å². The highest BCUT2D eigenvalue weighted by Crippen LogP contribution is 1.94. The van der Waals surface area contributed by atoms with Crippen LogP contribution in [0, 0.1) is 0 Å². The molecule has 0 aromatic heterocycles. The normalized spacial score (nSPS) is 13.2. The van der Waals surface area contributed by atoms with Gasteiger partial charge in [-0.15, -0.1) is 0 Å². The number of unbranched alkanes of at least 4 members (excludes halogenated alkanes) is 1. The van der Waals surface area contributed by atoms with Crippen LogP contribution >= 0.6 is 0 Å². The Kier molecular flexibility index (Phi) is 6.05. The van der Waals surface area contributed by atoms with Crippen LogP contribution in [0.5, 0.6) is 0 Å². The Hall–Kier alpha value is -1.06. The van der Waals surface area contributed by atoms with Gasteiger partial charge in [-0.05, 0) is 13.3 Å².